The number of hydrogen-bond donors (Lipinski definition) is 1. The number of amides is 1. The maximum absolute atomic E-state index is 11.9. The fourth-order valence-electron chi connectivity index (χ4n) is 3.24. The molecule has 1 aromatic heterocycles. The minimum absolute atomic E-state index is 0.0357. The predicted molar refractivity (Wildman–Crippen MR) is 70.5 cm³/mol. The van der Waals surface area contributed by atoms with E-state index in [0.29, 0.717) is 11.8 Å². The summed E-state index contributed by atoms with van der Waals surface area (Å²) in [7, 11) is 0. The summed E-state index contributed by atoms with van der Waals surface area (Å²) in [5, 5.41) is 10.7. The summed E-state index contributed by atoms with van der Waals surface area (Å²) in [5.41, 5.74) is 0. The van der Waals surface area contributed by atoms with E-state index in [1.807, 2.05) is 0 Å². The molecule has 1 amide bonds. The van der Waals surface area contributed by atoms with Gasteiger partial charge >= 0.3 is 6.01 Å². The van der Waals surface area contributed by atoms with Gasteiger partial charge in [0.25, 0.3) is 0 Å². The van der Waals surface area contributed by atoms with E-state index in [1.165, 1.54) is 25.7 Å². The Morgan fingerprint density at radius 1 is 1.11 bits per heavy atom. The van der Waals surface area contributed by atoms with E-state index in [2.05, 4.69) is 15.5 Å². The Labute approximate surface area is 113 Å². The first kappa shape index (κ1) is 12.6. The highest BCUT2D eigenvalue weighted by Crippen LogP contribution is 2.28. The molecule has 2 saturated carbocycles. The summed E-state index contributed by atoms with van der Waals surface area (Å²) < 4.78 is 5.52. The van der Waals surface area contributed by atoms with Crippen molar-refractivity contribution in [3.63, 3.8) is 0 Å². The summed E-state index contributed by atoms with van der Waals surface area (Å²) in [6, 6.07) is 0.268. The van der Waals surface area contributed by atoms with Gasteiger partial charge in [0.05, 0.1) is 0 Å². The van der Waals surface area contributed by atoms with Crippen LogP contribution in [0.15, 0.2) is 4.42 Å². The zero-order chi connectivity index (χ0) is 13.1. The van der Waals surface area contributed by atoms with E-state index >= 15 is 0 Å². The van der Waals surface area contributed by atoms with Crippen LogP contribution >= 0.6 is 0 Å². The van der Waals surface area contributed by atoms with Crippen LogP contribution in [0.1, 0.15) is 57.3 Å². The lowest BCUT2D eigenvalue weighted by atomic mass is 10.0. The van der Waals surface area contributed by atoms with Gasteiger partial charge in [-0.05, 0) is 31.6 Å². The van der Waals surface area contributed by atoms with Crippen LogP contribution in [-0.2, 0) is 11.2 Å². The Morgan fingerprint density at radius 3 is 2.53 bits per heavy atom. The summed E-state index contributed by atoms with van der Waals surface area (Å²) >= 11 is 0. The zero-order valence-corrected chi connectivity index (χ0v) is 11.2. The summed E-state index contributed by atoms with van der Waals surface area (Å²) in [4.78, 5) is 11.9. The van der Waals surface area contributed by atoms with Gasteiger partial charge in [0.1, 0.15) is 0 Å². The Bertz CT molecular complexity index is 432. The van der Waals surface area contributed by atoms with Gasteiger partial charge in [-0.15, -0.1) is 5.10 Å². The lowest BCUT2D eigenvalue weighted by Crippen LogP contribution is -2.20. The monoisotopic (exact) mass is 263 g/mol. The molecule has 0 unspecified atom stereocenters. The van der Waals surface area contributed by atoms with Crippen molar-refractivity contribution in [2.24, 2.45) is 11.8 Å². The predicted octanol–water partition coefficient (Wildman–Crippen LogP) is 2.93. The fraction of sp³-hybridized carbons (Fsp3) is 0.786. The number of carbonyl (C=O) groups is 1. The molecule has 0 spiro atoms. The van der Waals surface area contributed by atoms with E-state index in [1.54, 1.807) is 0 Å². The standard InChI is InChI=1S/C14H21N3O2/c18-13(11-7-3-4-8-11)15-14-17-16-12(19-14)9-10-5-1-2-6-10/h10-11H,1-9H2,(H,15,17,18). The van der Waals surface area contributed by atoms with Crippen molar-refractivity contribution in [3.05, 3.63) is 5.89 Å². The van der Waals surface area contributed by atoms with E-state index in [4.69, 9.17) is 4.42 Å². The lowest BCUT2D eigenvalue weighted by molar-refractivity contribution is -0.119. The second kappa shape index (κ2) is 5.72. The topological polar surface area (TPSA) is 68.0 Å². The normalized spacial score (nSPS) is 21.1. The first-order valence-corrected chi connectivity index (χ1v) is 7.44. The smallest absolute Gasteiger partial charge is 0.322 e. The third kappa shape index (κ3) is 3.14. The Hall–Kier alpha value is -1.39. The Morgan fingerprint density at radius 2 is 1.79 bits per heavy atom. The average molecular weight is 263 g/mol. The van der Waals surface area contributed by atoms with E-state index in [9.17, 15) is 4.79 Å². The Balaban J connectivity index is 1.53. The molecule has 2 fully saturated rings. The lowest BCUT2D eigenvalue weighted by Gasteiger charge is -2.06. The number of carbonyl (C=O) groups excluding carboxylic acids is 1. The number of aromatic nitrogens is 2. The van der Waals surface area contributed by atoms with Crippen LogP contribution in [0.3, 0.4) is 0 Å². The van der Waals surface area contributed by atoms with Crippen LogP contribution in [0, 0.1) is 11.8 Å². The molecule has 0 radical (unpaired) electrons. The van der Waals surface area contributed by atoms with Crippen molar-refractivity contribution in [1.82, 2.24) is 10.2 Å². The summed E-state index contributed by atoms with van der Waals surface area (Å²) in [6.45, 7) is 0. The second-order valence-electron chi connectivity index (χ2n) is 5.83. The van der Waals surface area contributed by atoms with E-state index in [-0.39, 0.29) is 17.8 Å². The Kier molecular flexibility index (Phi) is 3.80. The van der Waals surface area contributed by atoms with Crippen LogP contribution in [0.2, 0.25) is 0 Å². The van der Waals surface area contributed by atoms with Gasteiger partial charge in [-0.3, -0.25) is 10.1 Å². The van der Waals surface area contributed by atoms with Crippen molar-refractivity contribution in [2.75, 3.05) is 5.32 Å². The van der Waals surface area contributed by atoms with E-state index in [0.717, 1.165) is 32.1 Å². The van der Waals surface area contributed by atoms with Gasteiger partial charge < -0.3 is 4.42 Å². The van der Waals surface area contributed by atoms with Crippen LogP contribution < -0.4 is 5.32 Å². The molecule has 0 saturated heterocycles. The van der Waals surface area contributed by atoms with Crippen LogP contribution in [0.4, 0.5) is 6.01 Å². The molecule has 2 aliphatic rings. The molecule has 0 bridgehead atoms. The molecule has 1 N–H and O–H groups in total. The molecule has 3 rings (SSSR count). The van der Waals surface area contributed by atoms with Gasteiger partial charge in [0, 0.05) is 12.3 Å². The molecular weight excluding hydrogens is 242 g/mol. The van der Waals surface area contributed by atoms with Crippen molar-refractivity contribution in [3.8, 4) is 0 Å². The molecule has 5 nitrogen and oxygen atoms in total. The molecule has 0 aliphatic heterocycles. The number of nitrogens with one attached hydrogen (secondary N) is 1. The third-order valence-corrected chi connectivity index (χ3v) is 4.36. The van der Waals surface area contributed by atoms with Crippen molar-refractivity contribution in [2.45, 2.75) is 57.8 Å². The number of nitrogens with zero attached hydrogens (tertiary/aromatic N) is 2. The quantitative estimate of drug-likeness (QED) is 0.906. The highest BCUT2D eigenvalue weighted by molar-refractivity contribution is 5.90. The average Bonchev–Trinajstić information content (AvgIpc) is 3.10. The van der Waals surface area contributed by atoms with Crippen LogP contribution in [0.5, 0.6) is 0 Å². The zero-order valence-electron chi connectivity index (χ0n) is 11.2. The van der Waals surface area contributed by atoms with Gasteiger partial charge in [-0.1, -0.05) is 30.8 Å². The molecule has 2 aliphatic carbocycles. The van der Waals surface area contributed by atoms with Gasteiger partial charge in [0.15, 0.2) is 0 Å². The largest absolute Gasteiger partial charge is 0.408 e. The van der Waals surface area contributed by atoms with E-state index < -0.39 is 0 Å². The minimum Gasteiger partial charge on any atom is -0.408 e. The fourth-order valence-corrected chi connectivity index (χ4v) is 3.24. The molecule has 1 heterocycles. The molecule has 5 heteroatoms. The molecule has 0 aromatic carbocycles. The SMILES string of the molecule is O=C(Nc1nnc(CC2CCCC2)o1)C1CCCC1. The maximum Gasteiger partial charge on any atom is 0.322 e. The molecule has 0 atom stereocenters. The molecular formula is C14H21N3O2. The number of anilines is 1. The second-order valence-corrected chi connectivity index (χ2v) is 5.83. The molecule has 1 aromatic rings. The van der Waals surface area contributed by atoms with Crippen molar-refractivity contribution >= 4 is 11.9 Å². The van der Waals surface area contributed by atoms with Crippen molar-refractivity contribution < 1.29 is 9.21 Å². The summed E-state index contributed by atoms with van der Waals surface area (Å²) in [5.74, 6) is 1.51. The van der Waals surface area contributed by atoms with Gasteiger partial charge in [0.2, 0.25) is 11.8 Å². The highest BCUT2D eigenvalue weighted by Gasteiger charge is 2.24. The third-order valence-electron chi connectivity index (χ3n) is 4.36. The van der Waals surface area contributed by atoms with Crippen molar-refractivity contribution in [1.29, 1.82) is 0 Å². The maximum atomic E-state index is 11.9. The minimum atomic E-state index is 0.0357. The number of hydrogen-bond acceptors (Lipinski definition) is 4. The van der Waals surface area contributed by atoms with Gasteiger partial charge in [-0.25, -0.2) is 0 Å². The van der Waals surface area contributed by atoms with Gasteiger partial charge in [-0.2, -0.15) is 0 Å². The first-order valence-electron chi connectivity index (χ1n) is 7.44. The van der Waals surface area contributed by atoms with Crippen LogP contribution in [0.25, 0.3) is 0 Å². The first-order chi connectivity index (χ1) is 9.31. The molecule has 104 valence electrons. The molecule has 19 heavy (non-hydrogen) atoms. The number of rotatable bonds is 4. The highest BCUT2D eigenvalue weighted by atomic mass is 16.4. The summed E-state index contributed by atoms with van der Waals surface area (Å²) in [6.07, 6.45) is 10.2. The van der Waals surface area contributed by atoms with Crippen LogP contribution in [-0.4, -0.2) is 16.1 Å².